The van der Waals surface area contributed by atoms with E-state index in [2.05, 4.69) is 4.98 Å². The van der Waals surface area contributed by atoms with E-state index in [0.29, 0.717) is 19.3 Å². The number of oxazole rings is 1. The van der Waals surface area contributed by atoms with E-state index in [0.717, 1.165) is 17.7 Å². The van der Waals surface area contributed by atoms with Crippen LogP contribution >= 0.6 is 0 Å². The van der Waals surface area contributed by atoms with Gasteiger partial charge in [0.2, 0.25) is 0 Å². The van der Waals surface area contributed by atoms with Gasteiger partial charge in [-0.2, -0.15) is 0 Å². The van der Waals surface area contributed by atoms with Crippen molar-refractivity contribution in [3.8, 4) is 5.75 Å². The highest BCUT2D eigenvalue weighted by Gasteiger charge is 2.13. The highest BCUT2D eigenvalue weighted by molar-refractivity contribution is 5.49. The number of carbonyl (C=O) groups excluding carboxylic acids is 1. The molecule has 0 bridgehead atoms. The van der Waals surface area contributed by atoms with E-state index in [-0.39, 0.29) is 6.10 Å². The largest absolute Gasteiger partial charge is 0.490 e. The first-order valence-electron chi connectivity index (χ1n) is 5.91. The van der Waals surface area contributed by atoms with Crippen LogP contribution in [0.3, 0.4) is 0 Å². The number of aldehydes is 1. The van der Waals surface area contributed by atoms with E-state index in [1.807, 2.05) is 30.3 Å². The molecule has 0 spiro atoms. The summed E-state index contributed by atoms with van der Waals surface area (Å²) in [6.45, 7) is 0. The molecule has 0 aliphatic heterocycles. The molecule has 0 saturated carbocycles. The normalized spacial score (nSPS) is 12.0. The molecule has 0 fully saturated rings. The van der Waals surface area contributed by atoms with Gasteiger partial charge in [0.25, 0.3) is 0 Å². The smallest absolute Gasteiger partial charge is 0.180 e. The van der Waals surface area contributed by atoms with Crippen molar-refractivity contribution < 1.29 is 13.9 Å². The molecule has 2 rings (SSSR count). The van der Waals surface area contributed by atoms with Crippen LogP contribution in [0.2, 0.25) is 0 Å². The number of hydrogen-bond donors (Lipinski definition) is 0. The van der Waals surface area contributed by atoms with Crippen molar-refractivity contribution in [1.29, 1.82) is 0 Å². The third-order valence-electron chi connectivity index (χ3n) is 2.57. The van der Waals surface area contributed by atoms with Gasteiger partial charge in [-0.25, -0.2) is 4.98 Å². The molecule has 0 aliphatic carbocycles. The lowest BCUT2D eigenvalue weighted by molar-refractivity contribution is -0.108. The molecule has 0 amide bonds. The summed E-state index contributed by atoms with van der Waals surface area (Å²) in [7, 11) is 0. The summed E-state index contributed by atoms with van der Waals surface area (Å²) in [4.78, 5) is 14.5. The van der Waals surface area contributed by atoms with E-state index >= 15 is 0 Å². The Bertz CT molecular complexity index is 453. The quantitative estimate of drug-likeness (QED) is 0.704. The van der Waals surface area contributed by atoms with Gasteiger partial charge >= 0.3 is 0 Å². The Labute approximate surface area is 106 Å². The Hall–Kier alpha value is -2.10. The summed E-state index contributed by atoms with van der Waals surface area (Å²) in [6, 6.07) is 9.57. The number of aromatic nitrogens is 1. The van der Waals surface area contributed by atoms with Crippen LogP contribution in [-0.2, 0) is 11.2 Å². The molecule has 0 aliphatic rings. The van der Waals surface area contributed by atoms with Crippen molar-refractivity contribution in [3.63, 3.8) is 0 Å². The molecule has 1 unspecified atom stereocenters. The minimum atomic E-state index is -0.0669. The fraction of sp³-hybridized carbons (Fsp3) is 0.286. The highest BCUT2D eigenvalue weighted by atomic mass is 16.5. The summed E-state index contributed by atoms with van der Waals surface area (Å²) in [5, 5.41) is 0. The van der Waals surface area contributed by atoms with Crippen molar-refractivity contribution in [3.05, 3.63) is 48.7 Å². The third kappa shape index (κ3) is 3.73. The topological polar surface area (TPSA) is 52.3 Å². The minimum absolute atomic E-state index is 0.0669. The van der Waals surface area contributed by atoms with Gasteiger partial charge < -0.3 is 13.9 Å². The second kappa shape index (κ2) is 6.59. The van der Waals surface area contributed by atoms with Crippen LogP contribution in [-0.4, -0.2) is 17.4 Å². The molecule has 1 aromatic carbocycles. The number of carbonyl (C=O) groups is 1. The van der Waals surface area contributed by atoms with Crippen molar-refractivity contribution >= 4 is 6.29 Å². The minimum Gasteiger partial charge on any atom is -0.490 e. The van der Waals surface area contributed by atoms with E-state index in [1.165, 1.54) is 6.39 Å². The van der Waals surface area contributed by atoms with Crippen LogP contribution in [0, 0.1) is 0 Å². The average molecular weight is 245 g/mol. The van der Waals surface area contributed by atoms with Crippen LogP contribution in [0.4, 0.5) is 0 Å². The first-order valence-corrected chi connectivity index (χ1v) is 5.91. The fourth-order valence-electron chi connectivity index (χ4n) is 1.72. The monoisotopic (exact) mass is 245 g/mol. The molecular formula is C14H15NO3. The predicted molar refractivity (Wildman–Crippen MR) is 66.4 cm³/mol. The van der Waals surface area contributed by atoms with E-state index < -0.39 is 0 Å². The third-order valence-corrected chi connectivity index (χ3v) is 2.57. The number of para-hydroxylation sites is 1. The van der Waals surface area contributed by atoms with Crippen LogP contribution in [0.25, 0.3) is 0 Å². The molecule has 0 N–H and O–H groups in total. The molecule has 4 heteroatoms. The van der Waals surface area contributed by atoms with Gasteiger partial charge in [-0.1, -0.05) is 18.2 Å². The van der Waals surface area contributed by atoms with Crippen molar-refractivity contribution in [2.24, 2.45) is 0 Å². The molecule has 94 valence electrons. The molecular weight excluding hydrogens is 230 g/mol. The first kappa shape index (κ1) is 12.4. The van der Waals surface area contributed by atoms with Crippen LogP contribution < -0.4 is 4.74 Å². The molecule has 18 heavy (non-hydrogen) atoms. The zero-order valence-electron chi connectivity index (χ0n) is 9.99. The number of benzene rings is 1. The summed E-state index contributed by atoms with van der Waals surface area (Å²) in [6.07, 6.45) is 5.63. The lowest BCUT2D eigenvalue weighted by atomic mass is 10.1. The zero-order chi connectivity index (χ0) is 12.6. The highest BCUT2D eigenvalue weighted by Crippen LogP contribution is 2.16. The van der Waals surface area contributed by atoms with Crippen molar-refractivity contribution in [2.75, 3.05) is 0 Å². The van der Waals surface area contributed by atoms with Gasteiger partial charge in [-0.05, 0) is 18.6 Å². The lowest BCUT2D eigenvalue weighted by Crippen LogP contribution is -2.20. The summed E-state index contributed by atoms with van der Waals surface area (Å²) in [5.74, 6) is 0.803. The zero-order valence-corrected chi connectivity index (χ0v) is 9.99. The average Bonchev–Trinajstić information content (AvgIpc) is 2.90. The van der Waals surface area contributed by atoms with E-state index in [9.17, 15) is 4.79 Å². The van der Waals surface area contributed by atoms with Gasteiger partial charge in [0.15, 0.2) is 6.39 Å². The summed E-state index contributed by atoms with van der Waals surface area (Å²) in [5.41, 5.74) is 0.835. The standard InChI is InChI=1S/C14H15NO3/c16-8-4-7-14(9-12-10-17-11-15-12)18-13-5-2-1-3-6-13/h1-3,5-6,8,10-11,14H,4,7,9H2. The van der Waals surface area contributed by atoms with Gasteiger partial charge in [0.1, 0.15) is 24.4 Å². The molecule has 0 saturated heterocycles. The van der Waals surface area contributed by atoms with E-state index in [4.69, 9.17) is 9.15 Å². The molecule has 0 radical (unpaired) electrons. The first-order chi connectivity index (χ1) is 8.88. The number of ether oxygens (including phenoxy) is 1. The SMILES string of the molecule is O=CCCC(Cc1cocn1)Oc1ccccc1. The fourth-order valence-corrected chi connectivity index (χ4v) is 1.72. The van der Waals surface area contributed by atoms with Crippen LogP contribution in [0.15, 0.2) is 47.4 Å². The van der Waals surface area contributed by atoms with Crippen molar-refractivity contribution in [2.45, 2.75) is 25.4 Å². The summed E-state index contributed by atoms with van der Waals surface area (Å²) >= 11 is 0. The Morgan fingerprint density at radius 1 is 1.33 bits per heavy atom. The maximum atomic E-state index is 10.5. The van der Waals surface area contributed by atoms with Crippen LogP contribution in [0.5, 0.6) is 5.75 Å². The lowest BCUT2D eigenvalue weighted by Gasteiger charge is -2.17. The molecule has 1 heterocycles. The number of nitrogens with zero attached hydrogens (tertiary/aromatic N) is 1. The maximum absolute atomic E-state index is 10.5. The van der Waals surface area contributed by atoms with Crippen molar-refractivity contribution in [1.82, 2.24) is 4.98 Å². The Morgan fingerprint density at radius 3 is 2.83 bits per heavy atom. The maximum Gasteiger partial charge on any atom is 0.180 e. The molecule has 4 nitrogen and oxygen atoms in total. The van der Waals surface area contributed by atoms with Gasteiger partial charge in [-0.3, -0.25) is 0 Å². The summed E-state index contributed by atoms with van der Waals surface area (Å²) < 4.78 is 10.8. The molecule has 1 atom stereocenters. The Balaban J connectivity index is 1.98. The van der Waals surface area contributed by atoms with Gasteiger partial charge in [0.05, 0.1) is 5.69 Å². The van der Waals surface area contributed by atoms with E-state index in [1.54, 1.807) is 6.26 Å². The van der Waals surface area contributed by atoms with Gasteiger partial charge in [0, 0.05) is 12.8 Å². The molecule has 1 aromatic heterocycles. The molecule has 2 aromatic rings. The van der Waals surface area contributed by atoms with Crippen LogP contribution in [0.1, 0.15) is 18.5 Å². The second-order valence-corrected chi connectivity index (χ2v) is 3.98. The predicted octanol–water partition coefficient (Wildman–Crippen LogP) is 2.64. The van der Waals surface area contributed by atoms with Gasteiger partial charge in [-0.15, -0.1) is 0 Å². The number of hydrogen-bond acceptors (Lipinski definition) is 4. The number of rotatable bonds is 7. The Morgan fingerprint density at radius 2 is 2.17 bits per heavy atom. The second-order valence-electron chi connectivity index (χ2n) is 3.98. The Kier molecular flexibility index (Phi) is 4.53.